The van der Waals surface area contributed by atoms with Crippen LogP contribution in [0.1, 0.15) is 0 Å². The van der Waals surface area contributed by atoms with Gasteiger partial charge in [0.25, 0.3) is 0 Å². The van der Waals surface area contributed by atoms with Gasteiger partial charge in [0.05, 0.1) is 22.1 Å². The molecule has 0 fully saturated rings. The molecule has 81 heavy (non-hydrogen) atoms. The lowest BCUT2D eigenvalue weighted by Crippen LogP contribution is -2.04. The molecule has 0 N–H and O–H groups in total. The van der Waals surface area contributed by atoms with Crippen molar-refractivity contribution in [2.24, 2.45) is 0 Å². The van der Waals surface area contributed by atoms with Gasteiger partial charge in [-0.15, -0.1) is 0 Å². The Balaban J connectivity index is 0.959. The molecule has 6 heteroatoms. The molecular weight excluding hydrogens is 989 g/mol. The summed E-state index contributed by atoms with van der Waals surface area (Å²) in [5, 5.41) is 6.39. The average molecular weight is 1040 g/mol. The third-order valence-corrected chi connectivity index (χ3v) is 15.8. The lowest BCUT2D eigenvalue weighted by atomic mass is 9.92. The van der Waals surface area contributed by atoms with E-state index < -0.39 is 0 Å². The Morgan fingerprint density at radius 2 is 0.679 bits per heavy atom. The topological polar surface area (TPSA) is 69.9 Å². The van der Waals surface area contributed by atoms with Crippen molar-refractivity contribution in [2.75, 3.05) is 0 Å². The first-order valence-corrected chi connectivity index (χ1v) is 27.3. The fraction of sp³-hybridized carbons (Fsp3) is 0. The Labute approximate surface area is 466 Å². The van der Waals surface area contributed by atoms with Gasteiger partial charge in [-0.2, -0.15) is 0 Å². The highest BCUT2D eigenvalue weighted by Crippen LogP contribution is 2.47. The van der Waals surface area contributed by atoms with Gasteiger partial charge in [-0.3, -0.25) is 0 Å². The van der Waals surface area contributed by atoms with Gasteiger partial charge in [-0.05, 0) is 105 Å². The molecule has 0 spiro atoms. The van der Waals surface area contributed by atoms with Crippen LogP contribution in [0.2, 0.25) is 0 Å². The summed E-state index contributed by atoms with van der Waals surface area (Å²) in [6.07, 6.45) is 0. The summed E-state index contributed by atoms with van der Waals surface area (Å²) in [5.41, 5.74) is 19.7. The second-order valence-corrected chi connectivity index (χ2v) is 20.7. The summed E-state index contributed by atoms with van der Waals surface area (Å²) in [5.74, 6) is 1.70. The predicted octanol–water partition coefficient (Wildman–Crippen LogP) is 20.1. The Kier molecular flexibility index (Phi) is 10.8. The monoisotopic (exact) mass is 1030 g/mol. The number of furan rings is 2. The zero-order valence-electron chi connectivity index (χ0n) is 43.7. The molecular formula is C75H46N4O2. The summed E-state index contributed by atoms with van der Waals surface area (Å²) >= 11 is 0. The third kappa shape index (κ3) is 7.91. The standard InChI is InChI=1S/C75H46N4O2/c1-6-20-47(21-7-1)50-34-36-53(37-35-50)73-76-74(56-41-54(48-22-8-2-9-23-48)40-55(42-56)49-24-10-3-11-25-49)78-75(77-73)57-43-61(51-26-12-4-13-27-51)71(62(44-57)52-28-14-5-15-29-52)79-65-32-18-16-31-60(65)70-66(79)39-38-59-64-45-63-58-30-17-19-33-67(58)80-68(63)46-69(64)81-72(59)70/h1-46H. The highest BCUT2D eigenvalue weighted by Gasteiger charge is 2.26. The first-order valence-electron chi connectivity index (χ1n) is 27.3. The molecule has 6 nitrogen and oxygen atoms in total. The van der Waals surface area contributed by atoms with Crippen LogP contribution in [0.15, 0.2) is 288 Å². The van der Waals surface area contributed by atoms with E-state index in [0.717, 1.165) is 144 Å². The van der Waals surface area contributed by atoms with E-state index in [4.69, 9.17) is 23.8 Å². The molecule has 4 aromatic heterocycles. The molecule has 0 unspecified atom stereocenters. The van der Waals surface area contributed by atoms with Gasteiger partial charge in [0.15, 0.2) is 17.5 Å². The molecule has 0 saturated heterocycles. The van der Waals surface area contributed by atoms with E-state index in [9.17, 15) is 0 Å². The van der Waals surface area contributed by atoms with E-state index in [2.05, 4.69) is 265 Å². The number of para-hydroxylation sites is 2. The van der Waals surface area contributed by atoms with Crippen LogP contribution in [0.25, 0.3) is 161 Å². The Bertz CT molecular complexity index is 4950. The van der Waals surface area contributed by atoms with Crippen molar-refractivity contribution >= 4 is 65.7 Å². The minimum Gasteiger partial charge on any atom is -0.456 e. The molecule has 0 aliphatic heterocycles. The highest BCUT2D eigenvalue weighted by atomic mass is 16.3. The second-order valence-electron chi connectivity index (χ2n) is 20.7. The molecule has 4 heterocycles. The Morgan fingerprint density at radius 3 is 1.27 bits per heavy atom. The number of benzene rings is 12. The maximum Gasteiger partial charge on any atom is 0.164 e. The van der Waals surface area contributed by atoms with Gasteiger partial charge in [-0.1, -0.05) is 212 Å². The molecule has 0 saturated carbocycles. The average Bonchev–Trinajstić information content (AvgIpc) is 4.43. The van der Waals surface area contributed by atoms with Crippen LogP contribution in [0.5, 0.6) is 0 Å². The van der Waals surface area contributed by atoms with Gasteiger partial charge in [-0.25, -0.2) is 15.0 Å². The molecule has 0 atom stereocenters. The van der Waals surface area contributed by atoms with Gasteiger partial charge in [0.2, 0.25) is 0 Å². The van der Waals surface area contributed by atoms with Crippen LogP contribution in [0.4, 0.5) is 0 Å². The smallest absolute Gasteiger partial charge is 0.164 e. The summed E-state index contributed by atoms with van der Waals surface area (Å²) < 4.78 is 15.8. The van der Waals surface area contributed by atoms with Crippen molar-refractivity contribution < 1.29 is 8.83 Å². The number of hydrogen-bond donors (Lipinski definition) is 0. The van der Waals surface area contributed by atoms with Crippen molar-refractivity contribution in [2.45, 2.75) is 0 Å². The third-order valence-electron chi connectivity index (χ3n) is 15.8. The maximum atomic E-state index is 7.03. The number of hydrogen-bond acceptors (Lipinski definition) is 5. The fourth-order valence-electron chi connectivity index (χ4n) is 12.0. The molecule has 0 aliphatic carbocycles. The van der Waals surface area contributed by atoms with Crippen LogP contribution in [0, 0.1) is 0 Å². The number of rotatable bonds is 9. The molecule has 16 aromatic rings. The van der Waals surface area contributed by atoms with Gasteiger partial charge in [0, 0.05) is 60.8 Å². The molecule has 378 valence electrons. The summed E-state index contributed by atoms with van der Waals surface area (Å²) in [7, 11) is 0. The molecule has 0 radical (unpaired) electrons. The minimum absolute atomic E-state index is 0.555. The Hall–Kier alpha value is -11.0. The number of fused-ring (bicyclic) bond motifs is 10. The SMILES string of the molecule is c1ccc(-c2ccc(-c3nc(-c4cc(-c5ccccc5)cc(-c5ccccc5)c4)nc(-c4cc(-c5ccccc5)c(-n5c6ccccc6c6c7oc8cc9oc%10ccccc%10c9cc8c7ccc65)c(-c5ccccc5)c4)n3)cc2)cc1. The van der Waals surface area contributed by atoms with Crippen LogP contribution in [-0.4, -0.2) is 19.5 Å². The molecule has 0 bridgehead atoms. The van der Waals surface area contributed by atoms with E-state index in [1.807, 2.05) is 18.2 Å². The largest absolute Gasteiger partial charge is 0.456 e. The quantitative estimate of drug-likeness (QED) is 0.144. The van der Waals surface area contributed by atoms with Crippen molar-refractivity contribution in [3.05, 3.63) is 279 Å². The highest BCUT2D eigenvalue weighted by molar-refractivity contribution is 6.26. The Morgan fingerprint density at radius 1 is 0.247 bits per heavy atom. The van der Waals surface area contributed by atoms with E-state index in [1.165, 1.54) is 0 Å². The van der Waals surface area contributed by atoms with Gasteiger partial charge >= 0.3 is 0 Å². The van der Waals surface area contributed by atoms with E-state index in [1.54, 1.807) is 0 Å². The zero-order chi connectivity index (χ0) is 53.4. The normalized spacial score (nSPS) is 11.7. The van der Waals surface area contributed by atoms with Crippen molar-refractivity contribution in [1.82, 2.24) is 19.5 Å². The van der Waals surface area contributed by atoms with Gasteiger partial charge in [0.1, 0.15) is 22.3 Å². The van der Waals surface area contributed by atoms with Crippen LogP contribution in [-0.2, 0) is 0 Å². The molecule has 16 rings (SSSR count). The van der Waals surface area contributed by atoms with Crippen LogP contribution < -0.4 is 0 Å². The summed E-state index contributed by atoms with van der Waals surface area (Å²) in [6.45, 7) is 0. The fourth-order valence-corrected chi connectivity index (χ4v) is 12.0. The van der Waals surface area contributed by atoms with Crippen LogP contribution in [0.3, 0.4) is 0 Å². The molecule has 0 amide bonds. The van der Waals surface area contributed by atoms with Crippen molar-refractivity contribution in [3.8, 4) is 95.5 Å². The first-order chi connectivity index (χ1) is 40.1. The lowest BCUT2D eigenvalue weighted by molar-refractivity contribution is 0.658. The number of aromatic nitrogens is 4. The maximum absolute atomic E-state index is 7.03. The second kappa shape index (κ2) is 18.9. The zero-order valence-corrected chi connectivity index (χ0v) is 43.7. The van der Waals surface area contributed by atoms with E-state index >= 15 is 0 Å². The minimum atomic E-state index is 0.555. The van der Waals surface area contributed by atoms with Crippen LogP contribution >= 0.6 is 0 Å². The van der Waals surface area contributed by atoms with E-state index in [0.29, 0.717) is 17.5 Å². The summed E-state index contributed by atoms with van der Waals surface area (Å²) in [4.78, 5) is 16.4. The molecule has 12 aromatic carbocycles. The predicted molar refractivity (Wildman–Crippen MR) is 332 cm³/mol. The van der Waals surface area contributed by atoms with Crippen molar-refractivity contribution in [1.29, 1.82) is 0 Å². The first kappa shape index (κ1) is 46.2. The van der Waals surface area contributed by atoms with E-state index in [-0.39, 0.29) is 0 Å². The van der Waals surface area contributed by atoms with Gasteiger partial charge < -0.3 is 13.4 Å². The summed E-state index contributed by atoms with van der Waals surface area (Å²) in [6, 6.07) is 98.3. The number of nitrogens with zero attached hydrogens (tertiary/aromatic N) is 4. The molecule has 0 aliphatic rings. The van der Waals surface area contributed by atoms with Crippen molar-refractivity contribution in [3.63, 3.8) is 0 Å². The lowest BCUT2D eigenvalue weighted by Gasteiger charge is -2.21.